The number of benzene rings is 1. The minimum Gasteiger partial charge on any atom is -0.480 e. The van der Waals surface area contributed by atoms with Gasteiger partial charge in [0.25, 0.3) is 11.6 Å². The number of carboxylic acid groups (broad SMARTS) is 1. The van der Waals surface area contributed by atoms with Gasteiger partial charge >= 0.3 is 5.97 Å². The molecular formula is C10H8Cl2N2O6. The number of carboxylic acids is 1. The Balaban J connectivity index is 3.11. The van der Waals surface area contributed by atoms with Crippen molar-refractivity contribution in [2.75, 3.05) is 6.61 Å². The van der Waals surface area contributed by atoms with Crippen LogP contribution >= 0.6 is 23.2 Å². The van der Waals surface area contributed by atoms with E-state index in [-0.39, 0.29) is 15.6 Å². The molecule has 0 saturated carbocycles. The maximum Gasteiger partial charge on any atom is 0.328 e. The zero-order valence-corrected chi connectivity index (χ0v) is 11.2. The summed E-state index contributed by atoms with van der Waals surface area (Å²) in [6, 6.07) is 0.388. The number of carbonyl (C=O) groups excluding carboxylic acids is 1. The first-order valence-electron chi connectivity index (χ1n) is 5.06. The SMILES string of the molecule is O=C(N[C@H](CO)C(=O)O)c1cc(Cl)c(Cl)c([N+](=O)[O-])c1. The first kappa shape index (κ1) is 16.2. The molecule has 1 amide bonds. The second-order valence-corrected chi connectivity index (χ2v) is 4.38. The van der Waals surface area contributed by atoms with Crippen molar-refractivity contribution in [3.8, 4) is 0 Å². The third-order valence-electron chi connectivity index (χ3n) is 2.25. The molecule has 0 heterocycles. The molecule has 0 bridgehead atoms. The Bertz CT molecular complexity index is 577. The number of amides is 1. The van der Waals surface area contributed by atoms with E-state index in [4.69, 9.17) is 33.4 Å². The summed E-state index contributed by atoms with van der Waals surface area (Å²) in [6.45, 7) is -0.829. The van der Waals surface area contributed by atoms with E-state index in [0.717, 1.165) is 12.1 Å². The first-order valence-corrected chi connectivity index (χ1v) is 5.81. The van der Waals surface area contributed by atoms with Gasteiger partial charge in [-0.2, -0.15) is 0 Å². The van der Waals surface area contributed by atoms with Gasteiger partial charge in [0.15, 0.2) is 6.04 Å². The lowest BCUT2D eigenvalue weighted by Crippen LogP contribution is -2.43. The molecule has 0 aliphatic rings. The number of carbonyl (C=O) groups is 2. The minimum absolute atomic E-state index is 0.220. The zero-order valence-electron chi connectivity index (χ0n) is 9.67. The lowest BCUT2D eigenvalue weighted by molar-refractivity contribution is -0.384. The van der Waals surface area contributed by atoms with Crippen molar-refractivity contribution in [2.45, 2.75) is 6.04 Å². The van der Waals surface area contributed by atoms with Crippen LogP contribution in [0.2, 0.25) is 10.0 Å². The molecule has 1 aromatic carbocycles. The average molecular weight is 323 g/mol. The van der Waals surface area contributed by atoms with Gasteiger partial charge < -0.3 is 15.5 Å². The van der Waals surface area contributed by atoms with Gasteiger partial charge in [-0.25, -0.2) is 4.79 Å². The number of hydrogen-bond donors (Lipinski definition) is 3. The molecule has 1 aromatic rings. The van der Waals surface area contributed by atoms with Crippen molar-refractivity contribution in [3.63, 3.8) is 0 Å². The Morgan fingerprint density at radius 2 is 2.00 bits per heavy atom. The van der Waals surface area contributed by atoms with Gasteiger partial charge in [0.1, 0.15) is 5.02 Å². The van der Waals surface area contributed by atoms with E-state index in [0.29, 0.717) is 0 Å². The number of hydrogen-bond acceptors (Lipinski definition) is 5. The van der Waals surface area contributed by atoms with Crippen LogP contribution in [0.25, 0.3) is 0 Å². The summed E-state index contributed by atoms with van der Waals surface area (Å²) in [7, 11) is 0. The third kappa shape index (κ3) is 3.56. The van der Waals surface area contributed by atoms with Gasteiger partial charge in [-0.1, -0.05) is 23.2 Å². The Labute approximate surface area is 122 Å². The minimum atomic E-state index is -1.53. The monoisotopic (exact) mass is 322 g/mol. The summed E-state index contributed by atoms with van der Waals surface area (Å²) in [4.78, 5) is 32.3. The summed E-state index contributed by atoms with van der Waals surface area (Å²) in [5.74, 6) is -2.39. The number of aliphatic hydroxyl groups excluding tert-OH is 1. The quantitative estimate of drug-likeness (QED) is 0.549. The van der Waals surface area contributed by atoms with E-state index in [1.165, 1.54) is 0 Å². The maximum atomic E-state index is 11.7. The van der Waals surface area contributed by atoms with E-state index >= 15 is 0 Å². The van der Waals surface area contributed by atoms with Crippen molar-refractivity contribution in [1.29, 1.82) is 0 Å². The number of halogens is 2. The summed E-state index contributed by atoms with van der Waals surface area (Å²) in [6.07, 6.45) is 0. The van der Waals surface area contributed by atoms with Gasteiger partial charge in [0, 0.05) is 11.6 Å². The molecule has 0 unspecified atom stereocenters. The molecule has 8 nitrogen and oxygen atoms in total. The molecule has 0 radical (unpaired) electrons. The van der Waals surface area contributed by atoms with Gasteiger partial charge in [0.05, 0.1) is 16.6 Å². The summed E-state index contributed by atoms with van der Waals surface area (Å²) >= 11 is 11.3. The number of nitrogens with one attached hydrogen (secondary N) is 1. The highest BCUT2D eigenvalue weighted by Gasteiger charge is 2.23. The van der Waals surface area contributed by atoms with Crippen LogP contribution in [-0.4, -0.2) is 39.7 Å². The molecule has 20 heavy (non-hydrogen) atoms. The average Bonchev–Trinajstić information content (AvgIpc) is 2.37. The molecule has 0 fully saturated rings. The fourth-order valence-electron chi connectivity index (χ4n) is 1.27. The van der Waals surface area contributed by atoms with Crippen molar-refractivity contribution in [3.05, 3.63) is 37.9 Å². The molecule has 108 valence electrons. The second kappa shape index (κ2) is 6.51. The van der Waals surface area contributed by atoms with Crippen molar-refractivity contribution < 1.29 is 24.7 Å². The molecular weight excluding hydrogens is 315 g/mol. The number of rotatable bonds is 5. The lowest BCUT2D eigenvalue weighted by Gasteiger charge is -2.12. The van der Waals surface area contributed by atoms with Crippen LogP contribution < -0.4 is 5.32 Å². The van der Waals surface area contributed by atoms with Crippen LogP contribution in [-0.2, 0) is 4.79 Å². The highest BCUT2D eigenvalue weighted by atomic mass is 35.5. The van der Waals surface area contributed by atoms with E-state index in [1.807, 2.05) is 5.32 Å². The predicted octanol–water partition coefficient (Wildman–Crippen LogP) is 1.08. The number of nitro groups is 1. The molecule has 3 N–H and O–H groups in total. The molecule has 0 spiro atoms. The van der Waals surface area contributed by atoms with E-state index < -0.39 is 35.1 Å². The lowest BCUT2D eigenvalue weighted by atomic mass is 10.1. The Hall–Kier alpha value is -1.90. The van der Waals surface area contributed by atoms with Crippen molar-refractivity contribution in [1.82, 2.24) is 5.32 Å². The summed E-state index contributed by atoms with van der Waals surface area (Å²) in [5.41, 5.74) is -0.828. The normalized spacial score (nSPS) is 11.8. The number of nitro benzene ring substituents is 1. The van der Waals surface area contributed by atoms with Gasteiger partial charge in [-0.3, -0.25) is 14.9 Å². The van der Waals surface area contributed by atoms with Crippen LogP contribution in [0.4, 0.5) is 5.69 Å². The van der Waals surface area contributed by atoms with Crippen LogP contribution in [0.5, 0.6) is 0 Å². The standard InChI is InChI=1S/C10H8Cl2N2O6/c11-5-1-4(2-7(8(5)12)14(19)20)9(16)13-6(3-15)10(17)18/h1-2,6,15H,3H2,(H,13,16)(H,17,18)/t6-/m1/s1. The topological polar surface area (TPSA) is 130 Å². The number of aliphatic carboxylic acids is 1. The Kier molecular flexibility index (Phi) is 5.26. The highest BCUT2D eigenvalue weighted by Crippen LogP contribution is 2.33. The van der Waals surface area contributed by atoms with Gasteiger partial charge in [-0.15, -0.1) is 0 Å². The summed E-state index contributed by atoms with van der Waals surface area (Å²) < 4.78 is 0. The molecule has 10 heteroatoms. The van der Waals surface area contributed by atoms with Crippen LogP contribution in [0.1, 0.15) is 10.4 Å². The van der Waals surface area contributed by atoms with Crippen LogP contribution in [0.15, 0.2) is 12.1 Å². The van der Waals surface area contributed by atoms with Crippen molar-refractivity contribution in [2.24, 2.45) is 0 Å². The largest absolute Gasteiger partial charge is 0.480 e. The molecule has 0 aliphatic carbocycles. The maximum absolute atomic E-state index is 11.7. The predicted molar refractivity (Wildman–Crippen MR) is 69.1 cm³/mol. The van der Waals surface area contributed by atoms with Crippen LogP contribution in [0, 0.1) is 10.1 Å². The van der Waals surface area contributed by atoms with Gasteiger partial charge in [0.2, 0.25) is 0 Å². The fourth-order valence-corrected chi connectivity index (χ4v) is 1.66. The van der Waals surface area contributed by atoms with Gasteiger partial charge in [-0.05, 0) is 6.07 Å². The smallest absolute Gasteiger partial charge is 0.328 e. The highest BCUT2D eigenvalue weighted by molar-refractivity contribution is 6.43. The molecule has 0 aliphatic heterocycles. The Morgan fingerprint density at radius 1 is 1.40 bits per heavy atom. The van der Waals surface area contributed by atoms with E-state index in [1.54, 1.807) is 0 Å². The zero-order chi connectivity index (χ0) is 15.4. The van der Waals surface area contributed by atoms with E-state index in [9.17, 15) is 19.7 Å². The van der Waals surface area contributed by atoms with Crippen LogP contribution in [0.3, 0.4) is 0 Å². The molecule has 1 rings (SSSR count). The third-order valence-corrected chi connectivity index (χ3v) is 3.05. The van der Waals surface area contributed by atoms with Crippen molar-refractivity contribution >= 4 is 40.8 Å². The number of nitrogens with zero attached hydrogens (tertiary/aromatic N) is 1. The van der Waals surface area contributed by atoms with E-state index in [2.05, 4.69) is 0 Å². The second-order valence-electron chi connectivity index (χ2n) is 3.60. The Morgan fingerprint density at radius 3 is 2.45 bits per heavy atom. The number of aliphatic hydroxyl groups is 1. The molecule has 1 atom stereocenters. The summed E-state index contributed by atoms with van der Waals surface area (Å²) in [5, 5.41) is 29.6. The molecule has 0 saturated heterocycles. The molecule has 0 aromatic heterocycles. The first-order chi connectivity index (χ1) is 9.27. The fraction of sp³-hybridized carbons (Fsp3) is 0.200.